The highest BCUT2D eigenvalue weighted by Gasteiger charge is 2.80. The summed E-state index contributed by atoms with van der Waals surface area (Å²) < 4.78 is 10.0. The van der Waals surface area contributed by atoms with Gasteiger partial charge in [0, 0.05) is 5.92 Å². The largest absolute Gasteiger partial charge is 0.393 e. The van der Waals surface area contributed by atoms with Crippen molar-refractivity contribution in [3.63, 3.8) is 0 Å². The third-order valence-corrected chi connectivity index (χ3v) is 3.65. The molecule has 13 heavy (non-hydrogen) atoms. The van der Waals surface area contributed by atoms with E-state index < -0.39 is 5.97 Å². The van der Waals surface area contributed by atoms with Crippen LogP contribution in [-0.4, -0.2) is 23.6 Å². The lowest BCUT2D eigenvalue weighted by Gasteiger charge is -2.25. The Morgan fingerprint density at radius 2 is 2.00 bits per heavy atom. The molecule has 2 aliphatic carbocycles. The molecule has 4 heteroatoms. The van der Waals surface area contributed by atoms with E-state index in [1.54, 1.807) is 0 Å². The molecular formula is C9H6O4. The fourth-order valence-corrected chi connectivity index (χ4v) is 2.95. The van der Waals surface area contributed by atoms with Gasteiger partial charge in [-0.05, 0) is 0 Å². The quantitative estimate of drug-likeness (QED) is 0.220. The first-order valence-corrected chi connectivity index (χ1v) is 4.37. The summed E-state index contributed by atoms with van der Waals surface area (Å²) >= 11 is 0. The fraction of sp³-hybridized carbons (Fsp3) is 0.556. The molecule has 0 amide bonds. The highest BCUT2D eigenvalue weighted by molar-refractivity contribution is 5.99. The molecule has 4 rings (SSSR count). The van der Waals surface area contributed by atoms with E-state index in [0.29, 0.717) is 0 Å². The number of carbonyl (C=O) groups excluding carboxylic acids is 2. The molecule has 3 fully saturated rings. The summed E-state index contributed by atoms with van der Waals surface area (Å²) in [7, 11) is 0. The molecule has 0 radical (unpaired) electrons. The summed E-state index contributed by atoms with van der Waals surface area (Å²) in [6.07, 6.45) is 3.83. The van der Waals surface area contributed by atoms with Gasteiger partial charge in [0.15, 0.2) is 0 Å². The maximum Gasteiger partial charge on any atom is 0.320 e. The lowest BCUT2D eigenvalue weighted by molar-refractivity contribution is -0.154. The Kier molecular flexibility index (Phi) is 0.708. The van der Waals surface area contributed by atoms with E-state index in [2.05, 4.69) is 4.74 Å². The van der Waals surface area contributed by atoms with Gasteiger partial charge in [0.1, 0.15) is 17.6 Å². The van der Waals surface area contributed by atoms with E-state index in [1.165, 1.54) is 0 Å². The van der Waals surface area contributed by atoms with E-state index in [4.69, 9.17) is 4.74 Å². The monoisotopic (exact) mass is 178 g/mol. The first-order valence-electron chi connectivity index (χ1n) is 4.37. The topological polar surface area (TPSA) is 55.9 Å². The molecule has 66 valence electrons. The second-order valence-electron chi connectivity index (χ2n) is 4.07. The number of esters is 2. The Balaban J connectivity index is 1.88. The van der Waals surface area contributed by atoms with Crippen molar-refractivity contribution in [2.45, 2.75) is 11.7 Å². The third-order valence-electron chi connectivity index (χ3n) is 3.65. The summed E-state index contributed by atoms with van der Waals surface area (Å²) in [6, 6.07) is 0. The first kappa shape index (κ1) is 6.32. The van der Waals surface area contributed by atoms with E-state index in [1.807, 2.05) is 12.2 Å². The molecule has 2 aliphatic heterocycles. The molecule has 0 N–H and O–H groups in total. The van der Waals surface area contributed by atoms with Crippen LogP contribution in [-0.2, 0) is 19.1 Å². The van der Waals surface area contributed by atoms with Crippen LogP contribution in [0, 0.1) is 17.8 Å². The predicted octanol–water partition coefficient (Wildman–Crippen LogP) is -0.361. The highest BCUT2D eigenvalue weighted by atomic mass is 16.6. The second kappa shape index (κ2) is 1.46. The minimum atomic E-state index is -0.395. The van der Waals surface area contributed by atoms with Gasteiger partial charge in [0.25, 0.3) is 0 Å². The van der Waals surface area contributed by atoms with Crippen molar-refractivity contribution in [3.8, 4) is 0 Å². The van der Waals surface area contributed by atoms with Crippen LogP contribution in [0.2, 0.25) is 0 Å². The van der Waals surface area contributed by atoms with E-state index in [0.717, 1.165) is 0 Å². The molecule has 1 spiro atoms. The zero-order valence-electron chi connectivity index (χ0n) is 6.60. The normalized spacial score (nSPS) is 59.4. The number of rotatable bonds is 0. The molecule has 4 aliphatic rings. The van der Waals surface area contributed by atoms with Gasteiger partial charge in [-0.25, -0.2) is 0 Å². The molecule has 2 heterocycles. The minimum absolute atomic E-state index is 0.0774. The van der Waals surface area contributed by atoms with Gasteiger partial charge in [0.05, 0.1) is 5.92 Å². The van der Waals surface area contributed by atoms with Crippen LogP contribution in [0.3, 0.4) is 0 Å². The Hall–Kier alpha value is -1.16. The molecule has 2 saturated heterocycles. The van der Waals surface area contributed by atoms with Crippen molar-refractivity contribution < 1.29 is 19.1 Å². The van der Waals surface area contributed by atoms with Gasteiger partial charge in [-0.3, -0.25) is 9.59 Å². The Morgan fingerprint density at radius 1 is 1.23 bits per heavy atom. The maximum atomic E-state index is 11.3. The van der Waals surface area contributed by atoms with Gasteiger partial charge in [-0.15, -0.1) is 0 Å². The molecular weight excluding hydrogens is 172 g/mol. The molecule has 0 aromatic carbocycles. The lowest BCUT2D eigenvalue weighted by atomic mass is 9.78. The van der Waals surface area contributed by atoms with Crippen LogP contribution < -0.4 is 0 Å². The summed E-state index contributed by atoms with van der Waals surface area (Å²) in [5.74, 6) is -1.24. The van der Waals surface area contributed by atoms with Gasteiger partial charge in [-0.2, -0.15) is 0 Å². The first-order chi connectivity index (χ1) is 6.24. The van der Waals surface area contributed by atoms with Gasteiger partial charge < -0.3 is 9.47 Å². The number of epoxide rings is 1. The van der Waals surface area contributed by atoms with Crippen LogP contribution in [0.15, 0.2) is 12.2 Å². The minimum Gasteiger partial charge on any atom is -0.393 e. The summed E-state index contributed by atoms with van der Waals surface area (Å²) in [6.45, 7) is 0. The van der Waals surface area contributed by atoms with Crippen LogP contribution in [0.5, 0.6) is 0 Å². The number of hydrogen-bond donors (Lipinski definition) is 0. The molecule has 4 nitrogen and oxygen atoms in total. The molecule has 3 unspecified atom stereocenters. The zero-order valence-corrected chi connectivity index (χ0v) is 6.60. The fourth-order valence-electron chi connectivity index (χ4n) is 2.95. The Morgan fingerprint density at radius 3 is 2.69 bits per heavy atom. The van der Waals surface area contributed by atoms with Crippen molar-refractivity contribution in [2.24, 2.45) is 17.8 Å². The van der Waals surface area contributed by atoms with Crippen molar-refractivity contribution in [3.05, 3.63) is 12.2 Å². The molecule has 5 atom stereocenters. The van der Waals surface area contributed by atoms with Crippen molar-refractivity contribution in [2.75, 3.05) is 0 Å². The van der Waals surface area contributed by atoms with Crippen LogP contribution in [0.4, 0.5) is 0 Å². The molecule has 1 saturated carbocycles. The third kappa shape index (κ3) is 0.441. The van der Waals surface area contributed by atoms with Crippen LogP contribution >= 0.6 is 0 Å². The number of cyclic esters (lactones) is 2. The Labute approximate surface area is 73.5 Å². The molecule has 0 bridgehead atoms. The summed E-state index contributed by atoms with van der Waals surface area (Å²) in [5.41, 5.74) is -0.246. The number of fused-ring (bicyclic) bond motifs is 3. The Bertz CT molecular complexity index is 385. The van der Waals surface area contributed by atoms with E-state index >= 15 is 0 Å². The lowest BCUT2D eigenvalue weighted by Crippen LogP contribution is -2.33. The number of hydrogen-bond acceptors (Lipinski definition) is 4. The zero-order chi connectivity index (χ0) is 8.79. The molecule has 0 aromatic rings. The summed E-state index contributed by atoms with van der Waals surface area (Å²) in [4.78, 5) is 22.6. The standard InChI is InChI=1S/C9H6O4/c10-7-4-3-1-2-9(3)6(13-9)5(4)8(11)12-7/h1-6H/t3-,4?,5-,6?,9?/m1/s1. The van der Waals surface area contributed by atoms with Crippen molar-refractivity contribution in [1.82, 2.24) is 0 Å². The van der Waals surface area contributed by atoms with Crippen molar-refractivity contribution in [1.29, 1.82) is 0 Å². The predicted molar refractivity (Wildman–Crippen MR) is 38.3 cm³/mol. The van der Waals surface area contributed by atoms with E-state index in [9.17, 15) is 9.59 Å². The second-order valence-corrected chi connectivity index (χ2v) is 4.07. The van der Waals surface area contributed by atoms with Gasteiger partial charge in [-0.1, -0.05) is 12.2 Å². The summed E-state index contributed by atoms with van der Waals surface area (Å²) in [5, 5.41) is 0. The van der Waals surface area contributed by atoms with E-state index in [-0.39, 0.29) is 35.4 Å². The maximum absolute atomic E-state index is 11.3. The van der Waals surface area contributed by atoms with Gasteiger partial charge in [0.2, 0.25) is 0 Å². The van der Waals surface area contributed by atoms with Crippen LogP contribution in [0.25, 0.3) is 0 Å². The van der Waals surface area contributed by atoms with Crippen LogP contribution in [0.1, 0.15) is 0 Å². The average Bonchev–Trinajstić information content (AvgIpc) is 2.68. The van der Waals surface area contributed by atoms with Crippen molar-refractivity contribution >= 4 is 11.9 Å². The molecule has 0 aromatic heterocycles. The number of ether oxygens (including phenoxy) is 2. The SMILES string of the molecule is O=C1OC(=O)[C@@H]2C1[C@H]1C=CC13OC23. The highest BCUT2D eigenvalue weighted by Crippen LogP contribution is 2.66. The average molecular weight is 178 g/mol. The smallest absolute Gasteiger partial charge is 0.320 e. The number of carbonyl (C=O) groups is 2. The van der Waals surface area contributed by atoms with Gasteiger partial charge >= 0.3 is 11.9 Å².